The molecule has 0 unspecified atom stereocenters. The molecule has 13 heavy (non-hydrogen) atoms. The topological polar surface area (TPSA) is 18.5 Å². The summed E-state index contributed by atoms with van der Waals surface area (Å²) in [6.07, 6.45) is 2.24. The summed E-state index contributed by atoms with van der Waals surface area (Å²) in [7, 11) is 0. The molecule has 0 aliphatic rings. The number of hydrogen-bond donors (Lipinski definition) is 1. The highest BCUT2D eigenvalue weighted by Crippen LogP contribution is 1.94. The van der Waals surface area contributed by atoms with E-state index in [0.717, 1.165) is 45.0 Å². The predicted octanol–water partition coefficient (Wildman–Crippen LogP) is 2.39. The molecule has 0 heterocycles. The molecule has 2 nitrogen and oxygen atoms in total. The van der Waals surface area contributed by atoms with Crippen molar-refractivity contribution in [2.75, 3.05) is 32.2 Å². The van der Waals surface area contributed by atoms with Crippen molar-refractivity contribution in [3.05, 3.63) is 0 Å². The Morgan fingerprint density at radius 1 is 1.00 bits per heavy atom. The Bertz CT molecular complexity index is 96.9. The van der Waals surface area contributed by atoms with Crippen LogP contribution in [0, 0.1) is 5.92 Å². The van der Waals surface area contributed by atoms with E-state index in [-0.39, 0.29) is 0 Å². The van der Waals surface area contributed by atoms with E-state index in [4.69, 9.17) is 9.47 Å². The number of thiol groups is 1. The minimum absolute atomic E-state index is 0.615. The van der Waals surface area contributed by atoms with Crippen LogP contribution in [-0.2, 0) is 9.47 Å². The highest BCUT2D eigenvalue weighted by atomic mass is 32.1. The van der Waals surface area contributed by atoms with Gasteiger partial charge in [-0.15, -0.1) is 0 Å². The summed E-state index contributed by atoms with van der Waals surface area (Å²) in [6, 6.07) is 0. The maximum absolute atomic E-state index is 5.36. The minimum atomic E-state index is 0.615. The van der Waals surface area contributed by atoms with Gasteiger partial charge in [-0.3, -0.25) is 0 Å². The molecule has 0 aliphatic heterocycles. The summed E-state index contributed by atoms with van der Waals surface area (Å²) in [5.41, 5.74) is 0. The van der Waals surface area contributed by atoms with E-state index in [1.807, 2.05) is 0 Å². The highest BCUT2D eigenvalue weighted by Gasteiger charge is 1.93. The van der Waals surface area contributed by atoms with Gasteiger partial charge in [0.25, 0.3) is 0 Å². The van der Waals surface area contributed by atoms with Crippen LogP contribution in [0.2, 0.25) is 0 Å². The monoisotopic (exact) mass is 206 g/mol. The fourth-order valence-corrected chi connectivity index (χ4v) is 1.08. The van der Waals surface area contributed by atoms with Crippen LogP contribution in [0.5, 0.6) is 0 Å². The lowest BCUT2D eigenvalue weighted by molar-refractivity contribution is 0.0370. The smallest absolute Gasteiger partial charge is 0.0700 e. The molecule has 0 saturated heterocycles. The van der Waals surface area contributed by atoms with E-state index in [1.54, 1.807) is 0 Å². The largest absolute Gasteiger partial charge is 0.379 e. The zero-order chi connectivity index (χ0) is 9.94. The average molecular weight is 206 g/mol. The van der Waals surface area contributed by atoms with Crippen molar-refractivity contribution in [3.63, 3.8) is 0 Å². The summed E-state index contributed by atoms with van der Waals surface area (Å²) in [5, 5.41) is 0. The third-order valence-electron chi connectivity index (χ3n) is 1.52. The standard InChI is InChI=1S/C10H22O2S/c1-10(2)9-12-7-6-11-5-3-4-8-13/h10,13H,3-9H2,1-2H3. The summed E-state index contributed by atoms with van der Waals surface area (Å²) in [6.45, 7) is 7.41. The van der Waals surface area contributed by atoms with E-state index in [9.17, 15) is 0 Å². The van der Waals surface area contributed by atoms with Gasteiger partial charge in [-0.25, -0.2) is 0 Å². The molecule has 0 N–H and O–H groups in total. The van der Waals surface area contributed by atoms with Gasteiger partial charge in [0.2, 0.25) is 0 Å². The summed E-state index contributed by atoms with van der Waals surface area (Å²) >= 11 is 4.12. The van der Waals surface area contributed by atoms with Gasteiger partial charge in [-0.05, 0) is 24.5 Å². The zero-order valence-electron chi connectivity index (χ0n) is 8.79. The quantitative estimate of drug-likeness (QED) is 0.461. The third-order valence-corrected chi connectivity index (χ3v) is 1.84. The Balaban J connectivity index is 2.84. The van der Waals surface area contributed by atoms with E-state index in [0.29, 0.717) is 5.92 Å². The van der Waals surface area contributed by atoms with Crippen molar-refractivity contribution in [2.24, 2.45) is 5.92 Å². The normalized spacial score (nSPS) is 11.1. The number of ether oxygens (including phenoxy) is 2. The lowest BCUT2D eigenvalue weighted by Crippen LogP contribution is -2.09. The van der Waals surface area contributed by atoms with Crippen molar-refractivity contribution >= 4 is 12.6 Å². The predicted molar refractivity (Wildman–Crippen MR) is 59.6 cm³/mol. The molecule has 0 fully saturated rings. The lowest BCUT2D eigenvalue weighted by atomic mass is 10.2. The molecule has 0 amide bonds. The van der Waals surface area contributed by atoms with Gasteiger partial charge in [0.15, 0.2) is 0 Å². The van der Waals surface area contributed by atoms with Crippen LogP contribution in [0.3, 0.4) is 0 Å². The second-order valence-electron chi connectivity index (χ2n) is 3.51. The van der Waals surface area contributed by atoms with Crippen molar-refractivity contribution in [1.29, 1.82) is 0 Å². The first kappa shape index (κ1) is 13.3. The molecule has 0 aliphatic carbocycles. The molecule has 0 aromatic carbocycles. The van der Waals surface area contributed by atoms with Crippen LogP contribution in [-0.4, -0.2) is 32.2 Å². The van der Waals surface area contributed by atoms with Crippen molar-refractivity contribution in [3.8, 4) is 0 Å². The lowest BCUT2D eigenvalue weighted by Gasteiger charge is -2.07. The first-order valence-electron chi connectivity index (χ1n) is 5.03. The summed E-state index contributed by atoms with van der Waals surface area (Å²) in [5.74, 6) is 1.57. The molecule has 0 atom stereocenters. The first-order valence-corrected chi connectivity index (χ1v) is 5.67. The minimum Gasteiger partial charge on any atom is -0.379 e. The maximum atomic E-state index is 5.36. The number of unbranched alkanes of at least 4 members (excludes halogenated alkanes) is 1. The van der Waals surface area contributed by atoms with E-state index >= 15 is 0 Å². The van der Waals surface area contributed by atoms with Crippen LogP contribution in [0.1, 0.15) is 26.7 Å². The van der Waals surface area contributed by atoms with Gasteiger partial charge in [-0.1, -0.05) is 13.8 Å². The average Bonchev–Trinajstić information content (AvgIpc) is 2.09. The Morgan fingerprint density at radius 3 is 2.31 bits per heavy atom. The van der Waals surface area contributed by atoms with Crippen LogP contribution in [0.25, 0.3) is 0 Å². The van der Waals surface area contributed by atoms with Crippen LogP contribution in [0.15, 0.2) is 0 Å². The zero-order valence-corrected chi connectivity index (χ0v) is 9.69. The summed E-state index contributed by atoms with van der Waals surface area (Å²) in [4.78, 5) is 0. The molecule has 80 valence electrons. The molecule has 0 bridgehead atoms. The van der Waals surface area contributed by atoms with Gasteiger partial charge in [0.05, 0.1) is 13.2 Å². The van der Waals surface area contributed by atoms with Gasteiger partial charge >= 0.3 is 0 Å². The van der Waals surface area contributed by atoms with Gasteiger partial charge in [0, 0.05) is 13.2 Å². The van der Waals surface area contributed by atoms with Crippen LogP contribution < -0.4 is 0 Å². The Hall–Kier alpha value is 0.270. The fraction of sp³-hybridized carbons (Fsp3) is 1.00. The second kappa shape index (κ2) is 10.4. The second-order valence-corrected chi connectivity index (χ2v) is 3.96. The fourth-order valence-electron chi connectivity index (χ4n) is 0.855. The summed E-state index contributed by atoms with van der Waals surface area (Å²) < 4.78 is 10.7. The molecule has 0 radical (unpaired) electrons. The van der Waals surface area contributed by atoms with Crippen molar-refractivity contribution in [1.82, 2.24) is 0 Å². The molecule has 0 rings (SSSR count). The van der Waals surface area contributed by atoms with Gasteiger partial charge < -0.3 is 9.47 Å². The SMILES string of the molecule is CC(C)COCCOCCCCS. The third kappa shape index (κ3) is 12.3. The Labute approximate surface area is 87.4 Å². The number of hydrogen-bond acceptors (Lipinski definition) is 3. The first-order chi connectivity index (χ1) is 6.27. The Kier molecular flexibility index (Phi) is 10.6. The molecule has 0 spiro atoms. The van der Waals surface area contributed by atoms with Crippen LogP contribution in [0.4, 0.5) is 0 Å². The molecule has 0 saturated carbocycles. The van der Waals surface area contributed by atoms with E-state index in [1.165, 1.54) is 0 Å². The van der Waals surface area contributed by atoms with Crippen LogP contribution >= 0.6 is 12.6 Å². The van der Waals surface area contributed by atoms with E-state index < -0.39 is 0 Å². The maximum Gasteiger partial charge on any atom is 0.0700 e. The number of rotatable bonds is 9. The molecule has 0 aromatic heterocycles. The molecular weight excluding hydrogens is 184 g/mol. The molecule has 0 aromatic rings. The highest BCUT2D eigenvalue weighted by molar-refractivity contribution is 7.80. The van der Waals surface area contributed by atoms with E-state index in [2.05, 4.69) is 26.5 Å². The Morgan fingerprint density at radius 2 is 1.69 bits per heavy atom. The molecular formula is C10H22O2S. The van der Waals surface area contributed by atoms with Gasteiger partial charge in [-0.2, -0.15) is 12.6 Å². The van der Waals surface area contributed by atoms with Crippen molar-refractivity contribution in [2.45, 2.75) is 26.7 Å². The van der Waals surface area contributed by atoms with Gasteiger partial charge in [0.1, 0.15) is 0 Å². The molecule has 3 heteroatoms. The van der Waals surface area contributed by atoms with Crippen molar-refractivity contribution < 1.29 is 9.47 Å².